The number of rotatable bonds is 9. The Labute approximate surface area is 170 Å². The van der Waals surface area contributed by atoms with Crippen LogP contribution in [0.25, 0.3) is 0 Å². The number of hydrogen-bond acceptors (Lipinski definition) is 4. The summed E-state index contributed by atoms with van der Waals surface area (Å²) < 4.78 is 45.2. The van der Waals surface area contributed by atoms with Crippen LogP contribution in [0.2, 0.25) is 0 Å². The van der Waals surface area contributed by atoms with Gasteiger partial charge in [0.05, 0.1) is 12.4 Å². The van der Waals surface area contributed by atoms with E-state index in [1.54, 1.807) is 36.4 Å². The summed E-state index contributed by atoms with van der Waals surface area (Å²) in [6.45, 7) is 1.38. The van der Waals surface area contributed by atoms with Crippen molar-refractivity contribution in [2.24, 2.45) is 0 Å². The van der Waals surface area contributed by atoms with Gasteiger partial charge in [0.1, 0.15) is 0 Å². The third-order valence-corrected chi connectivity index (χ3v) is 6.51. The molecule has 1 N–H and O–H groups in total. The van der Waals surface area contributed by atoms with Crippen LogP contribution >= 0.6 is 0 Å². The molecule has 1 saturated heterocycles. The topological polar surface area (TPSA) is 75.7 Å². The van der Waals surface area contributed by atoms with Crippen LogP contribution in [0.15, 0.2) is 48.5 Å². The highest BCUT2D eigenvalue weighted by molar-refractivity contribution is 7.88. The van der Waals surface area contributed by atoms with Crippen molar-refractivity contribution in [3.05, 3.63) is 59.9 Å². The van der Waals surface area contributed by atoms with Crippen molar-refractivity contribution in [3.8, 4) is 5.75 Å². The molecular formula is C21H25FN2O4S. The van der Waals surface area contributed by atoms with Crippen LogP contribution in [0, 0.1) is 5.82 Å². The molecule has 29 heavy (non-hydrogen) atoms. The molecule has 0 radical (unpaired) electrons. The summed E-state index contributed by atoms with van der Waals surface area (Å²) in [5, 5.41) is 2.77. The fraction of sp³-hybridized carbons (Fsp3) is 0.381. The Morgan fingerprint density at radius 2 is 1.86 bits per heavy atom. The molecule has 1 fully saturated rings. The lowest BCUT2D eigenvalue weighted by Gasteiger charge is -2.15. The summed E-state index contributed by atoms with van der Waals surface area (Å²) in [6, 6.07) is 13.0. The van der Waals surface area contributed by atoms with E-state index in [0.717, 1.165) is 12.8 Å². The summed E-state index contributed by atoms with van der Waals surface area (Å²) in [4.78, 5) is 12.1. The number of carbonyl (C=O) groups is 1. The maximum absolute atomic E-state index is 13.5. The van der Waals surface area contributed by atoms with Gasteiger partial charge in [0.2, 0.25) is 15.9 Å². The Kier molecular flexibility index (Phi) is 7.22. The second-order valence-corrected chi connectivity index (χ2v) is 8.96. The van der Waals surface area contributed by atoms with Crippen LogP contribution in [0.1, 0.15) is 31.2 Å². The molecule has 8 heteroatoms. The van der Waals surface area contributed by atoms with Crippen LogP contribution in [-0.4, -0.2) is 38.3 Å². The van der Waals surface area contributed by atoms with Crippen molar-refractivity contribution in [1.82, 2.24) is 4.31 Å². The van der Waals surface area contributed by atoms with E-state index in [0.29, 0.717) is 30.8 Å². The number of benzene rings is 2. The van der Waals surface area contributed by atoms with Gasteiger partial charge in [0, 0.05) is 25.2 Å². The number of para-hydroxylation sites is 1. The lowest BCUT2D eigenvalue weighted by molar-refractivity contribution is -0.116. The van der Waals surface area contributed by atoms with Gasteiger partial charge >= 0.3 is 0 Å². The number of ether oxygens (including phenoxy) is 1. The normalized spacial score (nSPS) is 14.7. The number of amides is 1. The fourth-order valence-electron chi connectivity index (χ4n) is 3.21. The minimum absolute atomic E-state index is 0.0762. The molecule has 0 bridgehead atoms. The molecule has 1 aliphatic rings. The van der Waals surface area contributed by atoms with Crippen molar-refractivity contribution in [3.63, 3.8) is 0 Å². The minimum atomic E-state index is -3.33. The second-order valence-electron chi connectivity index (χ2n) is 6.99. The van der Waals surface area contributed by atoms with E-state index >= 15 is 0 Å². The monoisotopic (exact) mass is 420 g/mol. The molecular weight excluding hydrogens is 395 g/mol. The molecule has 1 heterocycles. The summed E-state index contributed by atoms with van der Waals surface area (Å²) in [5.41, 5.74) is 1.19. The molecule has 2 aromatic carbocycles. The smallest absolute Gasteiger partial charge is 0.224 e. The number of anilines is 1. The van der Waals surface area contributed by atoms with E-state index in [1.807, 2.05) is 0 Å². The van der Waals surface area contributed by atoms with Gasteiger partial charge in [0.15, 0.2) is 11.6 Å². The predicted molar refractivity (Wildman–Crippen MR) is 110 cm³/mol. The molecule has 6 nitrogen and oxygen atoms in total. The molecule has 0 saturated carbocycles. The van der Waals surface area contributed by atoms with Gasteiger partial charge in [-0.1, -0.05) is 24.3 Å². The van der Waals surface area contributed by atoms with Crippen molar-refractivity contribution in [2.45, 2.75) is 31.4 Å². The lowest BCUT2D eigenvalue weighted by atomic mass is 10.2. The largest absolute Gasteiger partial charge is 0.491 e. The maximum atomic E-state index is 13.5. The lowest BCUT2D eigenvalue weighted by Crippen LogP contribution is -2.29. The highest BCUT2D eigenvalue weighted by Crippen LogP contribution is 2.20. The van der Waals surface area contributed by atoms with Gasteiger partial charge in [-0.15, -0.1) is 0 Å². The number of nitrogens with one attached hydrogen (secondary N) is 1. The Morgan fingerprint density at radius 3 is 2.62 bits per heavy atom. The summed E-state index contributed by atoms with van der Waals surface area (Å²) in [6.07, 6.45) is 2.44. The van der Waals surface area contributed by atoms with Crippen molar-refractivity contribution in [1.29, 1.82) is 0 Å². The van der Waals surface area contributed by atoms with Gasteiger partial charge in [-0.2, -0.15) is 0 Å². The minimum Gasteiger partial charge on any atom is -0.491 e. The number of sulfonamides is 1. The Hall–Kier alpha value is -2.45. The van der Waals surface area contributed by atoms with Gasteiger partial charge in [0.25, 0.3) is 0 Å². The van der Waals surface area contributed by atoms with Gasteiger partial charge in [-0.25, -0.2) is 17.1 Å². The number of carbonyl (C=O) groups excluding carboxylic acids is 1. The zero-order chi connectivity index (χ0) is 20.7. The average Bonchev–Trinajstić information content (AvgIpc) is 3.22. The van der Waals surface area contributed by atoms with E-state index in [2.05, 4.69) is 5.32 Å². The van der Waals surface area contributed by atoms with E-state index in [1.165, 1.54) is 16.4 Å². The maximum Gasteiger partial charge on any atom is 0.224 e. The van der Waals surface area contributed by atoms with Crippen LogP contribution in [0.4, 0.5) is 10.1 Å². The Balaban J connectivity index is 1.47. The van der Waals surface area contributed by atoms with E-state index in [-0.39, 0.29) is 30.4 Å². The third kappa shape index (κ3) is 6.27. The summed E-state index contributed by atoms with van der Waals surface area (Å²) in [5.74, 6) is -0.549. The molecule has 1 aliphatic heterocycles. The fourth-order valence-corrected chi connectivity index (χ4v) is 4.81. The predicted octanol–water partition coefficient (Wildman–Crippen LogP) is 3.55. The Morgan fingerprint density at radius 1 is 1.10 bits per heavy atom. The average molecular weight is 421 g/mol. The van der Waals surface area contributed by atoms with Gasteiger partial charge < -0.3 is 10.1 Å². The zero-order valence-electron chi connectivity index (χ0n) is 16.1. The Bertz CT molecular complexity index is 943. The van der Waals surface area contributed by atoms with Crippen LogP contribution in [0.3, 0.4) is 0 Å². The van der Waals surface area contributed by atoms with Gasteiger partial charge in [-0.05, 0) is 49.1 Å². The molecule has 0 spiro atoms. The molecule has 0 atom stereocenters. The first kappa shape index (κ1) is 21.3. The first-order valence-electron chi connectivity index (χ1n) is 9.68. The van der Waals surface area contributed by atoms with Crippen LogP contribution in [0.5, 0.6) is 5.75 Å². The summed E-state index contributed by atoms with van der Waals surface area (Å²) in [7, 11) is -3.33. The molecule has 2 aromatic rings. The zero-order valence-corrected chi connectivity index (χ0v) is 17.0. The second kappa shape index (κ2) is 9.84. The SMILES string of the molecule is O=C(CCCOc1ccccc1F)Nc1cccc(CS(=O)(=O)N2CCCC2)c1. The third-order valence-electron chi connectivity index (χ3n) is 4.66. The van der Waals surface area contributed by atoms with Crippen LogP contribution in [-0.2, 0) is 20.6 Å². The van der Waals surface area contributed by atoms with E-state index in [9.17, 15) is 17.6 Å². The first-order chi connectivity index (χ1) is 13.9. The number of nitrogens with zero attached hydrogens (tertiary/aromatic N) is 1. The highest BCUT2D eigenvalue weighted by atomic mass is 32.2. The van der Waals surface area contributed by atoms with E-state index < -0.39 is 15.8 Å². The molecule has 3 rings (SSSR count). The van der Waals surface area contributed by atoms with Crippen LogP contribution < -0.4 is 10.1 Å². The quantitative estimate of drug-likeness (QED) is 0.630. The number of hydrogen-bond donors (Lipinski definition) is 1. The highest BCUT2D eigenvalue weighted by Gasteiger charge is 2.25. The van der Waals surface area contributed by atoms with Crippen molar-refractivity contribution in [2.75, 3.05) is 25.0 Å². The molecule has 1 amide bonds. The number of halogens is 1. The molecule has 156 valence electrons. The first-order valence-corrected chi connectivity index (χ1v) is 11.3. The van der Waals surface area contributed by atoms with Gasteiger partial charge in [-0.3, -0.25) is 4.79 Å². The van der Waals surface area contributed by atoms with E-state index in [4.69, 9.17) is 4.74 Å². The van der Waals surface area contributed by atoms with Crippen molar-refractivity contribution >= 4 is 21.6 Å². The van der Waals surface area contributed by atoms with Crippen molar-refractivity contribution < 1.29 is 22.3 Å². The molecule has 0 unspecified atom stereocenters. The summed E-state index contributed by atoms with van der Waals surface area (Å²) >= 11 is 0. The molecule has 0 aliphatic carbocycles. The standard InChI is InChI=1S/C21H25FN2O4S/c22-19-9-1-2-10-20(19)28-14-6-11-21(25)23-18-8-5-7-17(15-18)16-29(26,27)24-12-3-4-13-24/h1-2,5,7-10,15H,3-4,6,11-14,16H2,(H,23,25). The molecule has 0 aromatic heterocycles.